The van der Waals surface area contributed by atoms with Crippen LogP contribution in [0.2, 0.25) is 0 Å². The molecule has 0 aliphatic carbocycles. The van der Waals surface area contributed by atoms with Crippen LogP contribution >= 0.6 is 34.2 Å². The van der Waals surface area contributed by atoms with E-state index < -0.39 is 0 Å². The lowest BCUT2D eigenvalue weighted by Gasteiger charge is -2.34. The van der Waals surface area contributed by atoms with Gasteiger partial charge in [-0.25, -0.2) is 0 Å². The smallest absolute Gasteiger partial charge is 0.255 e. The highest BCUT2D eigenvalue weighted by molar-refractivity contribution is 14.1. The number of nitrogens with zero attached hydrogens (tertiary/aromatic N) is 1. The van der Waals surface area contributed by atoms with Crippen LogP contribution in [0.4, 0.5) is 0 Å². The summed E-state index contributed by atoms with van der Waals surface area (Å²) in [6.45, 7) is 3.90. The zero-order valence-corrected chi connectivity index (χ0v) is 12.5. The van der Waals surface area contributed by atoms with Gasteiger partial charge in [-0.2, -0.15) is 0 Å². The van der Waals surface area contributed by atoms with Gasteiger partial charge in [-0.1, -0.05) is 12.1 Å². The first-order valence-electron chi connectivity index (χ1n) is 4.99. The summed E-state index contributed by atoms with van der Waals surface area (Å²) in [5, 5.41) is 0. The summed E-state index contributed by atoms with van der Waals surface area (Å²) < 4.78 is 0.960. The van der Waals surface area contributed by atoms with E-state index >= 15 is 0 Å². The van der Waals surface area contributed by atoms with Gasteiger partial charge in [0.2, 0.25) is 0 Å². The van der Waals surface area contributed by atoms with E-state index in [4.69, 9.17) is 11.6 Å². The third kappa shape index (κ3) is 2.88. The normalized spacial score (nSPS) is 11.3. The highest BCUT2D eigenvalue weighted by Gasteiger charge is 2.28. The highest BCUT2D eigenvalue weighted by Crippen LogP contribution is 2.20. The van der Waals surface area contributed by atoms with Crippen LogP contribution in [-0.2, 0) is 0 Å². The molecule has 0 unspecified atom stereocenters. The first-order valence-corrected chi connectivity index (χ1v) is 6.60. The van der Waals surface area contributed by atoms with Crippen LogP contribution in [0.15, 0.2) is 24.3 Å². The van der Waals surface area contributed by atoms with Crippen molar-refractivity contribution in [1.82, 2.24) is 4.90 Å². The summed E-state index contributed by atoms with van der Waals surface area (Å²) >= 11 is 8.03. The van der Waals surface area contributed by atoms with Gasteiger partial charge >= 0.3 is 0 Å². The summed E-state index contributed by atoms with van der Waals surface area (Å²) in [4.78, 5) is 13.9. The lowest BCUT2D eigenvalue weighted by atomic mass is 10.0. The maximum Gasteiger partial charge on any atom is 0.255 e. The maximum absolute atomic E-state index is 12.2. The molecule has 0 aliphatic heterocycles. The largest absolute Gasteiger partial charge is 0.335 e. The average molecular weight is 352 g/mol. The van der Waals surface area contributed by atoms with Gasteiger partial charge in [-0.3, -0.25) is 4.79 Å². The third-order valence-electron chi connectivity index (χ3n) is 2.64. The number of benzene rings is 1. The molecular weight excluding hydrogens is 336 g/mol. The van der Waals surface area contributed by atoms with Crippen LogP contribution in [-0.4, -0.2) is 29.3 Å². The van der Waals surface area contributed by atoms with E-state index in [9.17, 15) is 4.79 Å². The van der Waals surface area contributed by atoms with E-state index in [0.29, 0.717) is 5.88 Å². The lowest BCUT2D eigenvalue weighted by molar-refractivity contribution is 0.0659. The van der Waals surface area contributed by atoms with Crippen LogP contribution in [0.3, 0.4) is 0 Å². The minimum atomic E-state index is -0.336. The number of hydrogen-bond donors (Lipinski definition) is 0. The van der Waals surface area contributed by atoms with Gasteiger partial charge in [0.25, 0.3) is 5.91 Å². The fourth-order valence-corrected chi connectivity index (χ4v) is 1.98. The number of alkyl halides is 1. The van der Waals surface area contributed by atoms with Crippen molar-refractivity contribution in [2.24, 2.45) is 0 Å². The van der Waals surface area contributed by atoms with E-state index in [1.165, 1.54) is 0 Å². The molecule has 1 rings (SSSR count). The number of halogens is 2. The first kappa shape index (κ1) is 13.8. The van der Waals surface area contributed by atoms with Crippen molar-refractivity contribution >= 4 is 40.1 Å². The number of hydrogen-bond acceptors (Lipinski definition) is 1. The second kappa shape index (κ2) is 5.36. The molecule has 2 nitrogen and oxygen atoms in total. The fourth-order valence-electron chi connectivity index (χ4n) is 1.18. The van der Waals surface area contributed by atoms with Crippen molar-refractivity contribution in [2.75, 3.05) is 12.9 Å². The molecule has 4 heteroatoms. The Hall–Kier alpha value is -0.290. The van der Waals surface area contributed by atoms with Crippen molar-refractivity contribution in [3.8, 4) is 0 Å². The van der Waals surface area contributed by atoms with Gasteiger partial charge in [-0.15, -0.1) is 11.6 Å². The molecule has 16 heavy (non-hydrogen) atoms. The van der Waals surface area contributed by atoms with Gasteiger partial charge in [0, 0.05) is 16.5 Å². The van der Waals surface area contributed by atoms with Crippen molar-refractivity contribution in [2.45, 2.75) is 19.4 Å². The summed E-state index contributed by atoms with van der Waals surface area (Å²) in [6.07, 6.45) is 0. The second-order valence-electron chi connectivity index (χ2n) is 4.29. The predicted octanol–water partition coefficient (Wildman–Crippen LogP) is 3.38. The second-order valence-corrected chi connectivity index (χ2v) is 5.72. The molecule has 0 saturated heterocycles. The van der Waals surface area contributed by atoms with Crippen LogP contribution < -0.4 is 0 Å². The number of amides is 1. The van der Waals surface area contributed by atoms with E-state index in [1.807, 2.05) is 38.1 Å². The molecule has 0 fully saturated rings. The third-order valence-corrected chi connectivity index (χ3v) is 4.24. The van der Waals surface area contributed by atoms with Gasteiger partial charge in [0.1, 0.15) is 0 Å². The molecular formula is C12H15ClINO. The van der Waals surface area contributed by atoms with Crippen molar-refractivity contribution in [3.05, 3.63) is 33.4 Å². The highest BCUT2D eigenvalue weighted by atomic mass is 127. The van der Waals surface area contributed by atoms with Gasteiger partial charge in [0.15, 0.2) is 0 Å². The Bertz CT molecular complexity index is 392. The van der Waals surface area contributed by atoms with E-state index in [-0.39, 0.29) is 11.4 Å². The monoisotopic (exact) mass is 351 g/mol. The fraction of sp³-hybridized carbons (Fsp3) is 0.417. The zero-order chi connectivity index (χ0) is 12.3. The molecule has 0 heterocycles. The minimum absolute atomic E-state index is 0.00986. The zero-order valence-electron chi connectivity index (χ0n) is 9.63. The summed E-state index contributed by atoms with van der Waals surface area (Å²) in [5.74, 6) is 0.425. The summed E-state index contributed by atoms with van der Waals surface area (Å²) in [7, 11) is 1.79. The predicted molar refractivity (Wildman–Crippen MR) is 76.1 cm³/mol. The Morgan fingerprint density at radius 1 is 1.44 bits per heavy atom. The Morgan fingerprint density at radius 2 is 2.00 bits per heavy atom. The van der Waals surface area contributed by atoms with Crippen LogP contribution in [0.1, 0.15) is 24.2 Å². The standard InChI is InChI=1S/C12H15ClINO/c1-12(2,8-13)15(3)11(16)9-6-4-5-7-10(9)14/h4-7H,8H2,1-3H3. The van der Waals surface area contributed by atoms with E-state index in [1.54, 1.807) is 11.9 Å². The molecule has 0 atom stereocenters. The Morgan fingerprint density at radius 3 is 2.50 bits per heavy atom. The quantitative estimate of drug-likeness (QED) is 0.604. The minimum Gasteiger partial charge on any atom is -0.335 e. The molecule has 0 N–H and O–H groups in total. The van der Waals surface area contributed by atoms with Crippen molar-refractivity contribution in [1.29, 1.82) is 0 Å². The summed E-state index contributed by atoms with van der Waals surface area (Å²) in [5.41, 5.74) is 0.390. The number of carbonyl (C=O) groups excluding carboxylic acids is 1. The molecule has 88 valence electrons. The average Bonchev–Trinajstić information content (AvgIpc) is 2.27. The Kier molecular flexibility index (Phi) is 4.62. The molecule has 0 bridgehead atoms. The lowest BCUT2D eigenvalue weighted by Crippen LogP contribution is -2.46. The molecule has 0 saturated carbocycles. The topological polar surface area (TPSA) is 20.3 Å². The van der Waals surface area contributed by atoms with Crippen LogP contribution in [0.5, 0.6) is 0 Å². The molecule has 1 aromatic rings. The van der Waals surface area contributed by atoms with E-state index in [2.05, 4.69) is 22.6 Å². The molecule has 0 aliphatic rings. The molecule has 1 amide bonds. The number of rotatable bonds is 3. The van der Waals surface area contributed by atoms with Gasteiger partial charge in [0.05, 0.1) is 11.1 Å². The van der Waals surface area contributed by atoms with E-state index in [0.717, 1.165) is 9.13 Å². The number of carbonyl (C=O) groups is 1. The molecule has 0 radical (unpaired) electrons. The maximum atomic E-state index is 12.2. The van der Waals surface area contributed by atoms with Crippen molar-refractivity contribution < 1.29 is 4.79 Å². The van der Waals surface area contributed by atoms with Crippen molar-refractivity contribution in [3.63, 3.8) is 0 Å². The molecule has 1 aromatic carbocycles. The van der Waals surface area contributed by atoms with Gasteiger partial charge in [-0.05, 0) is 48.6 Å². The SMILES string of the molecule is CN(C(=O)c1ccccc1I)C(C)(C)CCl. The first-order chi connectivity index (χ1) is 7.40. The van der Waals surface area contributed by atoms with Crippen LogP contribution in [0.25, 0.3) is 0 Å². The Labute approximate surface area is 115 Å². The van der Waals surface area contributed by atoms with Gasteiger partial charge < -0.3 is 4.90 Å². The molecule has 0 aromatic heterocycles. The Balaban J connectivity index is 3.00. The van der Waals surface area contributed by atoms with Crippen LogP contribution in [0, 0.1) is 3.57 Å². The summed E-state index contributed by atoms with van der Waals surface area (Å²) in [6, 6.07) is 7.56. The molecule has 0 spiro atoms.